The second-order valence-corrected chi connectivity index (χ2v) is 4.88. The molecule has 0 unspecified atom stereocenters. The number of carbonyl (C=O) groups is 1. The van der Waals surface area contributed by atoms with Crippen molar-refractivity contribution in [2.45, 2.75) is 6.61 Å². The van der Waals surface area contributed by atoms with Crippen LogP contribution in [0.5, 0.6) is 0 Å². The van der Waals surface area contributed by atoms with Crippen molar-refractivity contribution in [1.82, 2.24) is 0 Å². The molecule has 2 aromatic carbocycles. The fourth-order valence-electron chi connectivity index (χ4n) is 1.54. The Labute approximate surface area is 126 Å². The predicted molar refractivity (Wildman–Crippen MR) is 74.3 cm³/mol. The predicted octanol–water partition coefficient (Wildman–Crippen LogP) is 4.62. The Morgan fingerprint density at radius 1 is 1.14 bits per heavy atom. The van der Waals surface area contributed by atoms with Crippen LogP contribution in [0.25, 0.3) is 0 Å². The van der Waals surface area contributed by atoms with E-state index in [0.29, 0.717) is 11.6 Å². The van der Waals surface area contributed by atoms with Crippen molar-refractivity contribution in [2.75, 3.05) is 5.32 Å². The Hall–Kier alpha value is -2.02. The zero-order chi connectivity index (χ0) is 15.4. The normalized spacial score (nSPS) is 10.3. The number of halogens is 4. The maximum Gasteiger partial charge on any atom is 0.412 e. The summed E-state index contributed by atoms with van der Waals surface area (Å²) in [5.74, 6) is -3.91. The molecule has 0 radical (unpaired) electrons. The van der Waals surface area contributed by atoms with Crippen LogP contribution >= 0.6 is 15.9 Å². The SMILES string of the molecule is O=C(Nc1c(F)cc(Br)c(F)c1F)OCc1ccccc1. The topological polar surface area (TPSA) is 38.3 Å². The van der Waals surface area contributed by atoms with Crippen LogP contribution in [0.15, 0.2) is 40.9 Å². The van der Waals surface area contributed by atoms with Crippen LogP contribution < -0.4 is 5.32 Å². The third-order valence-corrected chi connectivity index (χ3v) is 3.13. The molecular formula is C14H9BrF3NO2. The van der Waals surface area contributed by atoms with Crippen LogP contribution in [0.4, 0.5) is 23.7 Å². The van der Waals surface area contributed by atoms with Gasteiger partial charge in [0.15, 0.2) is 17.5 Å². The van der Waals surface area contributed by atoms with E-state index < -0.39 is 29.2 Å². The minimum atomic E-state index is -1.50. The summed E-state index contributed by atoms with van der Waals surface area (Å²) < 4.78 is 44.8. The molecule has 0 aliphatic rings. The van der Waals surface area contributed by atoms with Gasteiger partial charge in [0.05, 0.1) is 4.47 Å². The average molecular weight is 360 g/mol. The summed E-state index contributed by atoms with van der Waals surface area (Å²) in [4.78, 5) is 11.5. The molecule has 0 atom stereocenters. The number of amides is 1. The largest absolute Gasteiger partial charge is 0.444 e. The Morgan fingerprint density at radius 2 is 1.81 bits per heavy atom. The van der Waals surface area contributed by atoms with E-state index in [9.17, 15) is 18.0 Å². The van der Waals surface area contributed by atoms with E-state index in [0.717, 1.165) is 0 Å². The number of carbonyl (C=O) groups excluding carboxylic acids is 1. The number of hydrogen-bond donors (Lipinski definition) is 1. The monoisotopic (exact) mass is 359 g/mol. The maximum atomic E-state index is 13.5. The molecule has 0 bridgehead atoms. The van der Waals surface area contributed by atoms with Crippen molar-refractivity contribution in [3.05, 3.63) is 63.9 Å². The van der Waals surface area contributed by atoms with Gasteiger partial charge >= 0.3 is 6.09 Å². The molecule has 2 aromatic rings. The molecule has 3 nitrogen and oxygen atoms in total. The highest BCUT2D eigenvalue weighted by atomic mass is 79.9. The summed E-state index contributed by atoms with van der Waals surface area (Å²) in [7, 11) is 0. The van der Waals surface area contributed by atoms with Crippen LogP contribution in [0, 0.1) is 17.5 Å². The van der Waals surface area contributed by atoms with Gasteiger partial charge in [0.2, 0.25) is 0 Å². The first kappa shape index (κ1) is 15.4. The third-order valence-electron chi connectivity index (χ3n) is 2.55. The van der Waals surface area contributed by atoms with Crippen molar-refractivity contribution in [3.63, 3.8) is 0 Å². The summed E-state index contributed by atoms with van der Waals surface area (Å²) in [5.41, 5.74) is -0.190. The first-order valence-corrected chi connectivity index (χ1v) is 6.59. The van der Waals surface area contributed by atoms with Gasteiger partial charge < -0.3 is 4.74 Å². The molecule has 1 N–H and O–H groups in total. The Kier molecular flexibility index (Phi) is 4.85. The molecule has 1 amide bonds. The van der Waals surface area contributed by atoms with Gasteiger partial charge in [0.1, 0.15) is 12.3 Å². The standard InChI is InChI=1S/C14H9BrF3NO2/c15-9-6-10(16)13(12(18)11(9)17)19-14(20)21-7-8-4-2-1-3-5-8/h1-6H,7H2,(H,19,20). The van der Waals surface area contributed by atoms with Crippen molar-refractivity contribution in [3.8, 4) is 0 Å². The lowest BCUT2D eigenvalue weighted by Crippen LogP contribution is -2.16. The lowest BCUT2D eigenvalue weighted by molar-refractivity contribution is 0.155. The fourth-order valence-corrected chi connectivity index (χ4v) is 1.92. The number of nitrogens with one attached hydrogen (secondary N) is 1. The number of anilines is 1. The fraction of sp³-hybridized carbons (Fsp3) is 0.0714. The van der Waals surface area contributed by atoms with Gasteiger partial charge in [0.25, 0.3) is 0 Å². The van der Waals surface area contributed by atoms with Crippen LogP contribution in [0.3, 0.4) is 0 Å². The van der Waals surface area contributed by atoms with E-state index in [4.69, 9.17) is 4.74 Å². The molecule has 2 rings (SSSR count). The molecule has 0 saturated carbocycles. The number of rotatable bonds is 3. The maximum absolute atomic E-state index is 13.5. The summed E-state index contributed by atoms with van der Waals surface area (Å²) in [6.07, 6.45) is -1.08. The number of benzene rings is 2. The van der Waals surface area contributed by atoms with Crippen LogP contribution in [-0.4, -0.2) is 6.09 Å². The average Bonchev–Trinajstić information content (AvgIpc) is 2.48. The number of hydrogen-bond acceptors (Lipinski definition) is 2. The lowest BCUT2D eigenvalue weighted by Gasteiger charge is -2.10. The Bertz CT molecular complexity index is 665. The van der Waals surface area contributed by atoms with E-state index in [1.54, 1.807) is 30.3 Å². The second-order valence-electron chi connectivity index (χ2n) is 4.03. The minimum absolute atomic E-state index is 0.0745. The lowest BCUT2D eigenvalue weighted by atomic mass is 10.2. The van der Waals surface area contributed by atoms with Gasteiger partial charge in [-0.1, -0.05) is 30.3 Å². The zero-order valence-electron chi connectivity index (χ0n) is 10.5. The number of ether oxygens (including phenoxy) is 1. The summed E-state index contributed by atoms with van der Waals surface area (Å²) in [6.45, 7) is -0.0745. The third kappa shape index (κ3) is 3.75. The van der Waals surface area contributed by atoms with E-state index >= 15 is 0 Å². The molecule has 0 aliphatic carbocycles. The second kappa shape index (κ2) is 6.62. The van der Waals surface area contributed by atoms with E-state index in [-0.39, 0.29) is 11.1 Å². The molecule has 0 saturated heterocycles. The van der Waals surface area contributed by atoms with Gasteiger partial charge in [-0.05, 0) is 27.6 Å². The van der Waals surface area contributed by atoms with Crippen LogP contribution in [-0.2, 0) is 11.3 Å². The van der Waals surface area contributed by atoms with E-state index in [1.165, 1.54) is 0 Å². The molecule has 0 fully saturated rings. The summed E-state index contributed by atoms with van der Waals surface area (Å²) >= 11 is 2.66. The molecule has 7 heteroatoms. The van der Waals surface area contributed by atoms with E-state index in [1.807, 2.05) is 5.32 Å². The van der Waals surface area contributed by atoms with Gasteiger partial charge in [-0.3, -0.25) is 5.32 Å². The molecule has 0 aliphatic heterocycles. The van der Waals surface area contributed by atoms with Crippen molar-refractivity contribution in [1.29, 1.82) is 0 Å². The Morgan fingerprint density at radius 3 is 2.48 bits per heavy atom. The zero-order valence-corrected chi connectivity index (χ0v) is 12.1. The quantitative estimate of drug-likeness (QED) is 0.641. The highest BCUT2D eigenvalue weighted by molar-refractivity contribution is 9.10. The first-order chi connectivity index (χ1) is 9.99. The van der Waals surface area contributed by atoms with Crippen molar-refractivity contribution >= 4 is 27.7 Å². The minimum Gasteiger partial charge on any atom is -0.444 e. The van der Waals surface area contributed by atoms with Crippen molar-refractivity contribution in [2.24, 2.45) is 0 Å². The molecule has 21 heavy (non-hydrogen) atoms. The first-order valence-electron chi connectivity index (χ1n) is 5.79. The molecule has 110 valence electrons. The van der Waals surface area contributed by atoms with Crippen LogP contribution in [0.1, 0.15) is 5.56 Å². The molecule has 0 spiro atoms. The molecular weight excluding hydrogens is 351 g/mol. The molecule has 0 aromatic heterocycles. The van der Waals surface area contributed by atoms with E-state index in [2.05, 4.69) is 15.9 Å². The van der Waals surface area contributed by atoms with Crippen molar-refractivity contribution < 1.29 is 22.7 Å². The van der Waals surface area contributed by atoms with Gasteiger partial charge in [-0.25, -0.2) is 18.0 Å². The van der Waals surface area contributed by atoms with Gasteiger partial charge in [-0.15, -0.1) is 0 Å². The molecule has 0 heterocycles. The highest BCUT2D eigenvalue weighted by Gasteiger charge is 2.19. The summed E-state index contributed by atoms with van der Waals surface area (Å²) in [5, 5.41) is 1.84. The van der Waals surface area contributed by atoms with Crippen LogP contribution in [0.2, 0.25) is 0 Å². The smallest absolute Gasteiger partial charge is 0.412 e. The Balaban J connectivity index is 2.05. The summed E-state index contributed by atoms with van der Waals surface area (Å²) in [6, 6.07) is 9.44. The van der Waals surface area contributed by atoms with Gasteiger partial charge in [0, 0.05) is 0 Å². The highest BCUT2D eigenvalue weighted by Crippen LogP contribution is 2.27. The van der Waals surface area contributed by atoms with Gasteiger partial charge in [-0.2, -0.15) is 0 Å².